The molecule has 1 atom stereocenters. The van der Waals surface area contributed by atoms with Gasteiger partial charge in [0.25, 0.3) is 22.1 Å². The second-order valence-corrected chi connectivity index (χ2v) is 12.4. The van der Waals surface area contributed by atoms with Crippen LogP contribution in [-0.4, -0.2) is 55.0 Å². The molecule has 0 spiro atoms. The van der Waals surface area contributed by atoms with E-state index in [4.69, 9.17) is 0 Å². The van der Waals surface area contributed by atoms with Crippen LogP contribution in [0.25, 0.3) is 10.8 Å². The largest absolute Gasteiger partial charge is 0.462 e. The summed E-state index contributed by atoms with van der Waals surface area (Å²) < 4.78 is 32.7. The number of fused-ring (bicyclic) bond motifs is 1. The zero-order valence-corrected chi connectivity index (χ0v) is 23.3. The molecule has 0 unspecified atom stereocenters. The van der Waals surface area contributed by atoms with E-state index in [2.05, 4.69) is 37.8 Å². The minimum absolute atomic E-state index is 0.0975. The van der Waals surface area contributed by atoms with Crippen molar-refractivity contribution >= 4 is 43.2 Å². The van der Waals surface area contributed by atoms with Crippen molar-refractivity contribution in [2.24, 2.45) is 0 Å². The molecule has 194 valence electrons. The van der Waals surface area contributed by atoms with Gasteiger partial charge in [0.05, 0.1) is 4.90 Å². The summed E-state index contributed by atoms with van der Waals surface area (Å²) in [5, 5.41) is 4.58. The molecule has 1 aromatic heterocycles. The molecule has 1 fully saturated rings. The van der Waals surface area contributed by atoms with Gasteiger partial charge in [0.15, 0.2) is 0 Å². The summed E-state index contributed by atoms with van der Waals surface area (Å²) in [6.45, 7) is 11.2. The Labute approximate surface area is 220 Å². The standard InChI is InChI=1S/C21H22BrN3O3S.C5H10O2/c1-15-12-24(10-9-23-15)13-16-14-25(29(27,28)18-5-3-2-4-6-18)21(26)19-8-7-17(22)11-20(16)19;1-5(2,3)7-4-6/h2-8,11,14-15,23H,9-10,12-13H2,1H3;4H,1-3H3/t15-;/m0./s1. The summed E-state index contributed by atoms with van der Waals surface area (Å²) in [4.78, 5) is 25.1. The number of carbonyl (C=O) groups excluding carboxylic acids is 1. The average Bonchev–Trinajstić information content (AvgIpc) is 2.81. The molecule has 2 heterocycles. The summed E-state index contributed by atoms with van der Waals surface area (Å²) >= 11 is 3.47. The van der Waals surface area contributed by atoms with Gasteiger partial charge in [-0.3, -0.25) is 14.5 Å². The second-order valence-electron chi connectivity index (χ2n) is 9.68. The van der Waals surface area contributed by atoms with Crippen molar-refractivity contribution < 1.29 is 17.9 Å². The maximum atomic E-state index is 13.2. The van der Waals surface area contributed by atoms with Gasteiger partial charge in [-0.1, -0.05) is 34.1 Å². The Morgan fingerprint density at radius 2 is 1.83 bits per heavy atom. The Hall–Kier alpha value is -2.53. The van der Waals surface area contributed by atoms with Crippen molar-refractivity contribution in [2.75, 3.05) is 19.6 Å². The fourth-order valence-electron chi connectivity index (χ4n) is 3.91. The predicted octanol–water partition coefficient (Wildman–Crippen LogP) is 3.75. The highest BCUT2D eigenvalue weighted by atomic mass is 79.9. The number of hydrogen-bond acceptors (Lipinski definition) is 7. The number of pyridine rings is 1. The Balaban J connectivity index is 0.000000454. The topological polar surface area (TPSA) is 97.7 Å². The number of rotatable bonds is 5. The van der Waals surface area contributed by atoms with Crippen LogP contribution in [0.4, 0.5) is 0 Å². The van der Waals surface area contributed by atoms with E-state index in [-0.39, 0.29) is 10.5 Å². The number of nitrogens with zero attached hydrogens (tertiary/aromatic N) is 2. The van der Waals surface area contributed by atoms with Gasteiger partial charge >= 0.3 is 0 Å². The molecule has 1 aliphatic rings. The van der Waals surface area contributed by atoms with Gasteiger partial charge in [-0.2, -0.15) is 0 Å². The van der Waals surface area contributed by atoms with E-state index in [9.17, 15) is 18.0 Å². The lowest BCUT2D eigenvalue weighted by molar-refractivity contribution is -0.138. The van der Waals surface area contributed by atoms with Gasteiger partial charge in [-0.15, -0.1) is 0 Å². The summed E-state index contributed by atoms with van der Waals surface area (Å²) in [7, 11) is -3.98. The molecule has 1 saturated heterocycles. The average molecular weight is 579 g/mol. The molecule has 1 aliphatic heterocycles. The first-order chi connectivity index (χ1) is 16.9. The lowest BCUT2D eigenvalue weighted by Crippen LogP contribution is -2.48. The maximum Gasteiger partial charge on any atom is 0.293 e. The van der Waals surface area contributed by atoms with Crippen molar-refractivity contribution in [3.8, 4) is 0 Å². The maximum absolute atomic E-state index is 13.2. The lowest BCUT2D eigenvalue weighted by atomic mass is 10.1. The molecule has 0 radical (unpaired) electrons. The molecule has 8 nitrogen and oxygen atoms in total. The Morgan fingerprint density at radius 3 is 2.42 bits per heavy atom. The molecule has 0 amide bonds. The minimum Gasteiger partial charge on any atom is -0.462 e. The summed E-state index contributed by atoms with van der Waals surface area (Å²) in [5.41, 5.74) is -0.0369. The van der Waals surface area contributed by atoms with Crippen molar-refractivity contribution in [1.29, 1.82) is 0 Å². The fraction of sp³-hybridized carbons (Fsp3) is 0.385. The first-order valence-corrected chi connectivity index (χ1v) is 13.9. The van der Waals surface area contributed by atoms with E-state index in [0.717, 1.165) is 39.0 Å². The van der Waals surface area contributed by atoms with E-state index in [1.165, 1.54) is 18.3 Å². The SMILES string of the molecule is CC(C)(C)OC=O.C[C@H]1CN(Cc2cn(S(=O)(=O)c3ccccc3)c(=O)c3ccc(Br)cc23)CCN1. The highest BCUT2D eigenvalue weighted by Gasteiger charge is 2.23. The molecule has 36 heavy (non-hydrogen) atoms. The third kappa shape index (κ3) is 7.03. The third-order valence-electron chi connectivity index (χ3n) is 5.58. The molecule has 0 aliphatic carbocycles. The van der Waals surface area contributed by atoms with Crippen LogP contribution in [0.2, 0.25) is 0 Å². The van der Waals surface area contributed by atoms with Gasteiger partial charge in [-0.25, -0.2) is 12.4 Å². The zero-order valence-electron chi connectivity index (χ0n) is 20.9. The first kappa shape index (κ1) is 28.0. The van der Waals surface area contributed by atoms with Crippen LogP contribution in [0.5, 0.6) is 0 Å². The Bertz CT molecular complexity index is 1370. The van der Waals surface area contributed by atoms with Crippen molar-refractivity contribution in [2.45, 2.75) is 50.8 Å². The van der Waals surface area contributed by atoms with Gasteiger partial charge in [0.1, 0.15) is 5.60 Å². The molecule has 10 heteroatoms. The molecule has 3 aromatic rings. The van der Waals surface area contributed by atoms with E-state index in [1.807, 2.05) is 26.8 Å². The molecular weight excluding hydrogens is 546 g/mol. The van der Waals surface area contributed by atoms with Crippen LogP contribution in [0, 0.1) is 0 Å². The van der Waals surface area contributed by atoms with Crippen LogP contribution < -0.4 is 10.9 Å². The molecule has 2 aromatic carbocycles. The monoisotopic (exact) mass is 577 g/mol. The molecule has 4 rings (SSSR count). The van der Waals surface area contributed by atoms with Gasteiger partial charge in [0.2, 0.25) is 0 Å². The first-order valence-electron chi connectivity index (χ1n) is 11.6. The summed E-state index contributed by atoms with van der Waals surface area (Å²) in [6, 6.07) is 13.8. The number of halogens is 1. The molecule has 1 N–H and O–H groups in total. The third-order valence-corrected chi connectivity index (χ3v) is 7.73. The number of nitrogens with one attached hydrogen (secondary N) is 1. The highest BCUT2D eigenvalue weighted by Crippen LogP contribution is 2.24. The van der Waals surface area contributed by atoms with Crippen LogP contribution in [0.3, 0.4) is 0 Å². The molecule has 0 bridgehead atoms. The Kier molecular flexibility index (Phi) is 9.10. The Morgan fingerprint density at radius 1 is 1.14 bits per heavy atom. The van der Waals surface area contributed by atoms with E-state index in [0.29, 0.717) is 24.4 Å². The molecular formula is C26H32BrN3O5S. The fourth-order valence-corrected chi connectivity index (χ4v) is 5.58. The lowest BCUT2D eigenvalue weighted by Gasteiger charge is -2.32. The van der Waals surface area contributed by atoms with Crippen molar-refractivity contribution in [3.63, 3.8) is 0 Å². The van der Waals surface area contributed by atoms with Crippen LogP contribution in [0.15, 0.2) is 68.9 Å². The van der Waals surface area contributed by atoms with Crippen LogP contribution >= 0.6 is 15.9 Å². The van der Waals surface area contributed by atoms with Crippen molar-refractivity contribution in [3.05, 3.63) is 75.1 Å². The number of carbonyl (C=O) groups is 1. The highest BCUT2D eigenvalue weighted by molar-refractivity contribution is 9.10. The van der Waals surface area contributed by atoms with Crippen LogP contribution in [-0.2, 0) is 26.1 Å². The predicted molar refractivity (Wildman–Crippen MR) is 145 cm³/mol. The summed E-state index contributed by atoms with van der Waals surface area (Å²) in [5.74, 6) is 0. The van der Waals surface area contributed by atoms with E-state index < -0.39 is 15.6 Å². The van der Waals surface area contributed by atoms with Gasteiger partial charge < -0.3 is 10.1 Å². The number of benzene rings is 2. The molecule has 0 saturated carbocycles. The number of hydrogen-bond donors (Lipinski definition) is 1. The van der Waals surface area contributed by atoms with Gasteiger partial charge in [0, 0.05) is 48.3 Å². The smallest absolute Gasteiger partial charge is 0.293 e. The normalized spacial score (nSPS) is 16.8. The number of piperazine rings is 1. The minimum atomic E-state index is -3.98. The number of aromatic nitrogens is 1. The number of ether oxygens (including phenoxy) is 1. The van der Waals surface area contributed by atoms with E-state index in [1.54, 1.807) is 30.3 Å². The van der Waals surface area contributed by atoms with Crippen molar-refractivity contribution in [1.82, 2.24) is 14.2 Å². The summed E-state index contributed by atoms with van der Waals surface area (Å²) in [6.07, 6.45) is 1.49. The quantitative estimate of drug-likeness (QED) is 0.461. The van der Waals surface area contributed by atoms with E-state index >= 15 is 0 Å². The van der Waals surface area contributed by atoms with Crippen LogP contribution in [0.1, 0.15) is 33.3 Å². The van der Waals surface area contributed by atoms with Gasteiger partial charge in [-0.05, 0) is 69.0 Å². The second kappa shape index (κ2) is 11.7. The zero-order chi connectivity index (χ0) is 26.5.